The van der Waals surface area contributed by atoms with E-state index in [1.165, 1.54) is 16.5 Å². The number of para-hydroxylation sites is 1. The van der Waals surface area contributed by atoms with E-state index in [2.05, 4.69) is 28.6 Å². The molecule has 0 radical (unpaired) electrons. The average Bonchev–Trinajstić information content (AvgIpc) is 2.90. The van der Waals surface area contributed by atoms with Gasteiger partial charge in [-0.15, -0.1) is 23.7 Å². The first kappa shape index (κ1) is 17.5. The van der Waals surface area contributed by atoms with Gasteiger partial charge in [-0.3, -0.25) is 4.79 Å². The van der Waals surface area contributed by atoms with Crippen molar-refractivity contribution >= 4 is 51.6 Å². The second-order valence-corrected chi connectivity index (χ2v) is 7.63. The van der Waals surface area contributed by atoms with Gasteiger partial charge in [0, 0.05) is 6.04 Å². The summed E-state index contributed by atoms with van der Waals surface area (Å²) in [5.74, 6) is 1.05. The summed E-state index contributed by atoms with van der Waals surface area (Å²) in [6, 6.07) is 8.37. The minimum absolute atomic E-state index is 0. The van der Waals surface area contributed by atoms with Crippen LogP contribution in [-0.4, -0.2) is 35.8 Å². The number of aromatic nitrogens is 1. The minimum atomic E-state index is 0. The maximum absolute atomic E-state index is 12.1. The number of thioether (sulfide) groups is 1. The molecule has 7 heteroatoms. The van der Waals surface area contributed by atoms with Crippen molar-refractivity contribution in [3.63, 3.8) is 0 Å². The summed E-state index contributed by atoms with van der Waals surface area (Å²) in [5.41, 5.74) is 1.01. The van der Waals surface area contributed by atoms with E-state index in [1.54, 1.807) is 11.3 Å². The Morgan fingerprint density at radius 1 is 1.50 bits per heavy atom. The van der Waals surface area contributed by atoms with Gasteiger partial charge >= 0.3 is 0 Å². The number of nitrogens with one attached hydrogen (secondary N) is 2. The Labute approximate surface area is 144 Å². The van der Waals surface area contributed by atoms with Gasteiger partial charge in [0.1, 0.15) is 0 Å². The molecule has 22 heavy (non-hydrogen) atoms. The van der Waals surface area contributed by atoms with E-state index in [-0.39, 0.29) is 18.3 Å². The molecule has 1 saturated heterocycles. The molecule has 1 aliphatic heterocycles. The van der Waals surface area contributed by atoms with Crippen molar-refractivity contribution in [1.29, 1.82) is 0 Å². The first-order valence-corrected chi connectivity index (χ1v) is 9.01. The van der Waals surface area contributed by atoms with Gasteiger partial charge in [-0.25, -0.2) is 4.98 Å². The lowest BCUT2D eigenvalue weighted by Gasteiger charge is -2.30. The van der Waals surface area contributed by atoms with Crippen LogP contribution in [0.15, 0.2) is 28.6 Å². The summed E-state index contributed by atoms with van der Waals surface area (Å²) in [5, 5.41) is 6.50. The van der Waals surface area contributed by atoms with Crippen LogP contribution in [0, 0.1) is 5.92 Å². The zero-order valence-electron chi connectivity index (χ0n) is 12.4. The zero-order chi connectivity index (χ0) is 14.7. The number of carbonyl (C=O) groups is 1. The number of amides is 1. The van der Waals surface area contributed by atoms with Gasteiger partial charge in [-0.1, -0.05) is 30.8 Å². The number of benzene rings is 1. The predicted octanol–water partition coefficient (Wildman–Crippen LogP) is 2.92. The molecule has 4 nitrogen and oxygen atoms in total. The maximum atomic E-state index is 12.1. The third kappa shape index (κ3) is 4.35. The van der Waals surface area contributed by atoms with Gasteiger partial charge in [0.05, 0.1) is 16.0 Å². The summed E-state index contributed by atoms with van der Waals surface area (Å²) >= 11 is 3.17. The molecular weight excluding hydrogens is 338 g/mol. The second kappa shape index (κ2) is 8.15. The smallest absolute Gasteiger partial charge is 0.230 e. The van der Waals surface area contributed by atoms with E-state index in [9.17, 15) is 4.79 Å². The second-order valence-electron chi connectivity index (χ2n) is 5.38. The molecule has 2 unspecified atom stereocenters. The number of rotatable bonds is 4. The normalized spacial score (nSPS) is 21.3. The van der Waals surface area contributed by atoms with Gasteiger partial charge in [0.25, 0.3) is 0 Å². The number of thiazole rings is 1. The SMILES string of the molecule is CC1CNCCC1NC(=O)CSc1nc2ccccc2s1.Cl. The van der Waals surface area contributed by atoms with E-state index in [1.807, 2.05) is 18.2 Å². The summed E-state index contributed by atoms with van der Waals surface area (Å²) < 4.78 is 2.14. The van der Waals surface area contributed by atoms with Crippen LogP contribution in [0.4, 0.5) is 0 Å². The molecule has 1 amide bonds. The zero-order valence-corrected chi connectivity index (χ0v) is 14.8. The van der Waals surface area contributed by atoms with Crippen LogP contribution in [-0.2, 0) is 4.79 Å². The number of halogens is 1. The fraction of sp³-hybridized carbons (Fsp3) is 0.467. The van der Waals surface area contributed by atoms with E-state index in [4.69, 9.17) is 0 Å². The summed E-state index contributed by atoms with van der Waals surface area (Å²) in [7, 11) is 0. The quantitative estimate of drug-likeness (QED) is 0.826. The van der Waals surface area contributed by atoms with Gasteiger partial charge in [-0.05, 0) is 37.6 Å². The molecule has 2 N–H and O–H groups in total. The summed E-state index contributed by atoms with van der Waals surface area (Å²) in [4.78, 5) is 16.6. The Morgan fingerprint density at radius 2 is 2.32 bits per heavy atom. The van der Waals surface area contributed by atoms with Crippen LogP contribution in [0.2, 0.25) is 0 Å². The minimum Gasteiger partial charge on any atom is -0.352 e. The summed E-state index contributed by atoms with van der Waals surface area (Å²) in [6.07, 6.45) is 1.01. The van der Waals surface area contributed by atoms with Crippen LogP contribution >= 0.6 is 35.5 Å². The van der Waals surface area contributed by atoms with Gasteiger partial charge in [-0.2, -0.15) is 0 Å². The lowest BCUT2D eigenvalue weighted by atomic mass is 9.95. The first-order chi connectivity index (χ1) is 10.2. The van der Waals surface area contributed by atoms with Crippen molar-refractivity contribution in [2.24, 2.45) is 5.92 Å². The number of fused-ring (bicyclic) bond motifs is 1. The third-order valence-corrected chi connectivity index (χ3v) is 5.91. The largest absolute Gasteiger partial charge is 0.352 e. The van der Waals surface area contributed by atoms with Crippen molar-refractivity contribution < 1.29 is 4.79 Å². The summed E-state index contributed by atoms with van der Waals surface area (Å²) in [6.45, 7) is 4.15. The molecule has 1 aromatic heterocycles. The van der Waals surface area contributed by atoms with Crippen LogP contribution in [0.25, 0.3) is 10.2 Å². The van der Waals surface area contributed by atoms with Crippen molar-refractivity contribution in [3.8, 4) is 0 Å². The first-order valence-electron chi connectivity index (χ1n) is 7.21. The van der Waals surface area contributed by atoms with Crippen molar-refractivity contribution in [2.75, 3.05) is 18.8 Å². The van der Waals surface area contributed by atoms with Gasteiger partial charge < -0.3 is 10.6 Å². The standard InChI is InChI=1S/C15H19N3OS2.ClH/c1-10-8-16-7-6-11(10)17-14(19)9-20-15-18-12-4-2-3-5-13(12)21-15;/h2-5,10-11,16H,6-9H2,1H3,(H,17,19);1H. The van der Waals surface area contributed by atoms with Crippen LogP contribution in [0.1, 0.15) is 13.3 Å². The Morgan fingerprint density at radius 3 is 3.09 bits per heavy atom. The van der Waals surface area contributed by atoms with E-state index in [0.717, 1.165) is 29.4 Å². The Bertz CT molecular complexity index is 601. The number of hydrogen-bond donors (Lipinski definition) is 2. The Kier molecular flexibility index (Phi) is 6.50. The van der Waals surface area contributed by atoms with Gasteiger partial charge in [0.2, 0.25) is 5.91 Å². The molecule has 1 fully saturated rings. The highest BCUT2D eigenvalue weighted by atomic mass is 35.5. The van der Waals surface area contributed by atoms with Gasteiger partial charge in [0.15, 0.2) is 4.34 Å². The van der Waals surface area contributed by atoms with Crippen LogP contribution < -0.4 is 10.6 Å². The number of piperidine rings is 1. The molecule has 2 heterocycles. The van der Waals surface area contributed by atoms with Crippen molar-refractivity contribution in [1.82, 2.24) is 15.6 Å². The molecule has 0 spiro atoms. The topological polar surface area (TPSA) is 54.0 Å². The lowest BCUT2D eigenvalue weighted by Crippen LogP contribution is -2.48. The van der Waals surface area contributed by atoms with Crippen LogP contribution in [0.3, 0.4) is 0 Å². The number of carbonyl (C=O) groups excluding carboxylic acids is 1. The number of hydrogen-bond acceptors (Lipinski definition) is 5. The highest BCUT2D eigenvalue weighted by molar-refractivity contribution is 8.01. The Hall–Kier alpha value is -0.820. The maximum Gasteiger partial charge on any atom is 0.230 e. The monoisotopic (exact) mass is 357 g/mol. The molecule has 2 atom stereocenters. The average molecular weight is 358 g/mol. The fourth-order valence-corrected chi connectivity index (χ4v) is 4.40. The molecule has 0 saturated carbocycles. The van der Waals surface area contributed by atoms with E-state index < -0.39 is 0 Å². The molecule has 3 rings (SSSR count). The predicted molar refractivity (Wildman–Crippen MR) is 96.2 cm³/mol. The fourth-order valence-electron chi connectivity index (χ4n) is 2.52. The highest BCUT2D eigenvalue weighted by Crippen LogP contribution is 2.29. The van der Waals surface area contributed by atoms with E-state index >= 15 is 0 Å². The highest BCUT2D eigenvalue weighted by Gasteiger charge is 2.22. The van der Waals surface area contributed by atoms with Crippen molar-refractivity contribution in [2.45, 2.75) is 23.7 Å². The van der Waals surface area contributed by atoms with E-state index in [0.29, 0.717) is 17.7 Å². The Balaban J connectivity index is 0.00000176. The molecule has 0 aliphatic carbocycles. The lowest BCUT2D eigenvalue weighted by molar-refractivity contribution is -0.119. The number of nitrogens with zero attached hydrogens (tertiary/aromatic N) is 1. The third-order valence-electron chi connectivity index (χ3n) is 3.73. The molecule has 1 aliphatic rings. The molecule has 120 valence electrons. The molecule has 2 aromatic rings. The molecule has 0 bridgehead atoms. The molecular formula is C15H20ClN3OS2. The van der Waals surface area contributed by atoms with Crippen LogP contribution in [0.5, 0.6) is 0 Å². The molecule has 1 aromatic carbocycles. The van der Waals surface area contributed by atoms with Crippen molar-refractivity contribution in [3.05, 3.63) is 24.3 Å².